The highest BCUT2D eigenvalue weighted by Gasteiger charge is 2.37. The Morgan fingerprint density at radius 1 is 1.09 bits per heavy atom. The van der Waals surface area contributed by atoms with E-state index >= 15 is 0 Å². The lowest BCUT2D eigenvalue weighted by Gasteiger charge is -2.40. The van der Waals surface area contributed by atoms with Gasteiger partial charge in [0.1, 0.15) is 11.7 Å². The summed E-state index contributed by atoms with van der Waals surface area (Å²) in [6.45, 7) is 7.81. The van der Waals surface area contributed by atoms with Crippen LogP contribution in [0.15, 0.2) is 61.1 Å². The summed E-state index contributed by atoms with van der Waals surface area (Å²) in [6.07, 6.45) is 4.95. The first kappa shape index (κ1) is 21.7. The van der Waals surface area contributed by atoms with E-state index in [0.717, 1.165) is 11.1 Å². The third-order valence-electron chi connectivity index (χ3n) is 6.06. The van der Waals surface area contributed by atoms with Gasteiger partial charge < -0.3 is 9.80 Å². The van der Waals surface area contributed by atoms with Crippen LogP contribution in [0.1, 0.15) is 34.1 Å². The number of likely N-dealkylation sites (N-methyl/N-ethyl adjacent to an activating group) is 1. The van der Waals surface area contributed by atoms with Crippen molar-refractivity contribution in [3.63, 3.8) is 0 Å². The Kier molecular flexibility index (Phi) is 6.30. The van der Waals surface area contributed by atoms with Crippen LogP contribution in [-0.2, 0) is 11.2 Å². The number of hydrogen-bond donors (Lipinski definition) is 0. The Bertz CT molecular complexity index is 1130. The summed E-state index contributed by atoms with van der Waals surface area (Å²) < 4.78 is 0. The molecule has 2 aromatic carbocycles. The van der Waals surface area contributed by atoms with Gasteiger partial charge >= 0.3 is 0 Å². The van der Waals surface area contributed by atoms with Crippen LogP contribution >= 0.6 is 0 Å². The topological polar surface area (TPSA) is 66.4 Å². The van der Waals surface area contributed by atoms with Gasteiger partial charge in [-0.3, -0.25) is 14.6 Å². The number of aryl methyl sites for hydroxylation is 2. The molecule has 1 fully saturated rings. The van der Waals surface area contributed by atoms with Gasteiger partial charge in [-0.1, -0.05) is 48.0 Å². The van der Waals surface area contributed by atoms with Crippen molar-refractivity contribution in [1.82, 2.24) is 19.8 Å². The molecule has 0 bridgehead atoms. The van der Waals surface area contributed by atoms with Crippen LogP contribution in [-0.4, -0.2) is 57.3 Å². The Hall–Kier alpha value is -3.54. The van der Waals surface area contributed by atoms with Gasteiger partial charge in [-0.2, -0.15) is 0 Å². The number of benzene rings is 2. The van der Waals surface area contributed by atoms with E-state index in [4.69, 9.17) is 0 Å². The minimum Gasteiger partial charge on any atom is -0.339 e. The van der Waals surface area contributed by atoms with E-state index in [-0.39, 0.29) is 17.5 Å². The van der Waals surface area contributed by atoms with Gasteiger partial charge in [0.15, 0.2) is 0 Å². The molecule has 4 rings (SSSR count). The fourth-order valence-electron chi connectivity index (χ4n) is 4.38. The number of rotatable bonds is 5. The van der Waals surface area contributed by atoms with Crippen LogP contribution in [0.5, 0.6) is 0 Å². The molecule has 0 saturated carbocycles. The zero-order valence-electron chi connectivity index (χ0n) is 18.8. The van der Waals surface area contributed by atoms with E-state index in [2.05, 4.69) is 54.1 Å². The van der Waals surface area contributed by atoms with Gasteiger partial charge in [-0.25, -0.2) is 4.98 Å². The van der Waals surface area contributed by atoms with Crippen LogP contribution in [0.25, 0.3) is 11.1 Å². The summed E-state index contributed by atoms with van der Waals surface area (Å²) >= 11 is 0. The third kappa shape index (κ3) is 4.40. The maximum atomic E-state index is 13.2. The first-order chi connectivity index (χ1) is 15.5. The molecule has 1 aromatic heterocycles. The van der Waals surface area contributed by atoms with Gasteiger partial charge in [0.25, 0.3) is 5.91 Å². The monoisotopic (exact) mass is 428 g/mol. The van der Waals surface area contributed by atoms with E-state index < -0.39 is 6.04 Å². The second kappa shape index (κ2) is 9.30. The summed E-state index contributed by atoms with van der Waals surface area (Å²) in [5, 5.41) is 0. The predicted molar refractivity (Wildman–Crippen MR) is 124 cm³/mol. The van der Waals surface area contributed by atoms with Crippen LogP contribution in [0, 0.1) is 13.8 Å². The first-order valence-electron chi connectivity index (χ1n) is 11.0. The number of hydrogen-bond acceptors (Lipinski definition) is 4. The maximum Gasteiger partial charge on any atom is 0.274 e. The molecule has 2 amide bonds. The SMILES string of the molecule is CCN1CCN(C(=O)c2cnccn2)C(Cc2cccc(-c3ccc(C)cc3C)c2)C1=O. The largest absolute Gasteiger partial charge is 0.339 e. The molecule has 0 spiro atoms. The van der Waals surface area contributed by atoms with Crippen molar-refractivity contribution in [2.75, 3.05) is 19.6 Å². The summed E-state index contributed by atoms with van der Waals surface area (Å²) in [7, 11) is 0. The number of piperazine rings is 1. The van der Waals surface area contributed by atoms with Crippen molar-refractivity contribution in [1.29, 1.82) is 0 Å². The van der Waals surface area contributed by atoms with Gasteiger partial charge in [0.2, 0.25) is 5.91 Å². The van der Waals surface area contributed by atoms with Crippen molar-refractivity contribution in [3.8, 4) is 11.1 Å². The van der Waals surface area contributed by atoms with Crippen molar-refractivity contribution >= 4 is 11.8 Å². The molecule has 1 aliphatic heterocycles. The highest BCUT2D eigenvalue weighted by atomic mass is 16.2. The van der Waals surface area contributed by atoms with Crippen molar-refractivity contribution in [2.24, 2.45) is 0 Å². The van der Waals surface area contributed by atoms with E-state index in [1.807, 2.05) is 24.0 Å². The molecule has 32 heavy (non-hydrogen) atoms. The number of amides is 2. The fraction of sp³-hybridized carbons (Fsp3) is 0.308. The highest BCUT2D eigenvalue weighted by Crippen LogP contribution is 2.26. The Morgan fingerprint density at radius 3 is 2.66 bits per heavy atom. The zero-order chi connectivity index (χ0) is 22.7. The average molecular weight is 429 g/mol. The molecule has 1 saturated heterocycles. The zero-order valence-corrected chi connectivity index (χ0v) is 18.8. The van der Waals surface area contributed by atoms with Gasteiger partial charge in [-0.15, -0.1) is 0 Å². The Morgan fingerprint density at radius 2 is 1.94 bits per heavy atom. The van der Waals surface area contributed by atoms with Gasteiger partial charge in [0, 0.05) is 38.4 Å². The van der Waals surface area contributed by atoms with E-state index in [1.54, 1.807) is 4.90 Å². The number of aromatic nitrogens is 2. The van der Waals surface area contributed by atoms with Crippen LogP contribution in [0.2, 0.25) is 0 Å². The standard InChI is InChI=1S/C26H28N4O2/c1-4-29-12-13-30(25(31)23-17-27-10-11-28-23)24(26(29)32)16-20-6-5-7-21(15-20)22-9-8-18(2)14-19(22)3/h5-11,14-15,17,24H,4,12-13,16H2,1-3H3. The van der Waals surface area contributed by atoms with E-state index in [1.165, 1.54) is 35.3 Å². The maximum absolute atomic E-state index is 13.2. The fourth-order valence-corrected chi connectivity index (χ4v) is 4.38. The molecular weight excluding hydrogens is 400 g/mol. The second-order valence-corrected chi connectivity index (χ2v) is 8.25. The van der Waals surface area contributed by atoms with E-state index in [9.17, 15) is 9.59 Å². The van der Waals surface area contributed by atoms with E-state index in [0.29, 0.717) is 26.1 Å². The molecular formula is C26H28N4O2. The lowest BCUT2D eigenvalue weighted by atomic mass is 9.94. The van der Waals surface area contributed by atoms with Gasteiger partial charge in [-0.05, 0) is 43.0 Å². The summed E-state index contributed by atoms with van der Waals surface area (Å²) in [6, 6.07) is 14.1. The summed E-state index contributed by atoms with van der Waals surface area (Å²) in [5.41, 5.74) is 6.02. The number of carbonyl (C=O) groups is 2. The molecule has 164 valence electrons. The quantitative estimate of drug-likeness (QED) is 0.622. The average Bonchev–Trinajstić information content (AvgIpc) is 2.80. The Labute approximate surface area is 188 Å². The molecule has 6 nitrogen and oxygen atoms in total. The molecule has 3 aromatic rings. The molecule has 1 atom stereocenters. The third-order valence-corrected chi connectivity index (χ3v) is 6.06. The summed E-state index contributed by atoms with van der Waals surface area (Å²) in [5.74, 6) is -0.273. The van der Waals surface area contributed by atoms with Crippen molar-refractivity contribution in [2.45, 2.75) is 33.2 Å². The molecule has 6 heteroatoms. The lowest BCUT2D eigenvalue weighted by molar-refractivity contribution is -0.139. The minimum absolute atomic E-state index is 0.0205. The smallest absolute Gasteiger partial charge is 0.274 e. The van der Waals surface area contributed by atoms with Gasteiger partial charge in [0.05, 0.1) is 6.20 Å². The molecule has 0 radical (unpaired) electrons. The molecule has 1 aliphatic rings. The molecule has 1 unspecified atom stereocenters. The molecule has 0 N–H and O–H groups in total. The number of nitrogens with zero attached hydrogens (tertiary/aromatic N) is 4. The van der Waals surface area contributed by atoms with Crippen LogP contribution < -0.4 is 0 Å². The summed E-state index contributed by atoms with van der Waals surface area (Å²) in [4.78, 5) is 38.0. The second-order valence-electron chi connectivity index (χ2n) is 8.25. The number of carbonyl (C=O) groups excluding carboxylic acids is 2. The Balaban J connectivity index is 1.65. The first-order valence-corrected chi connectivity index (χ1v) is 11.0. The lowest BCUT2D eigenvalue weighted by Crippen LogP contribution is -2.59. The van der Waals surface area contributed by atoms with Crippen LogP contribution in [0.3, 0.4) is 0 Å². The molecule has 0 aliphatic carbocycles. The normalized spacial score (nSPS) is 16.3. The van der Waals surface area contributed by atoms with Crippen molar-refractivity contribution in [3.05, 3.63) is 83.4 Å². The predicted octanol–water partition coefficient (Wildman–Crippen LogP) is 3.68. The van der Waals surface area contributed by atoms with Crippen molar-refractivity contribution < 1.29 is 9.59 Å². The van der Waals surface area contributed by atoms with Crippen LogP contribution in [0.4, 0.5) is 0 Å². The molecule has 2 heterocycles. The highest BCUT2D eigenvalue weighted by molar-refractivity contribution is 5.96. The minimum atomic E-state index is -0.562.